The van der Waals surface area contributed by atoms with Crippen molar-refractivity contribution in [2.75, 3.05) is 5.43 Å². The molecule has 0 atom stereocenters. The van der Waals surface area contributed by atoms with Crippen LogP contribution in [0.1, 0.15) is 5.56 Å². The molecule has 3 aromatic rings. The molecule has 5 heteroatoms. The highest BCUT2D eigenvalue weighted by atomic mass is 15.4. The van der Waals surface area contributed by atoms with Gasteiger partial charge in [0.25, 0.3) is 0 Å². The molecule has 1 N–H and O–H groups in total. The molecule has 0 aliphatic heterocycles. The van der Waals surface area contributed by atoms with E-state index in [1.807, 2.05) is 54.6 Å². The summed E-state index contributed by atoms with van der Waals surface area (Å²) in [5.74, 6) is 0.595. The lowest BCUT2D eigenvalue weighted by atomic mass is 10.2. The van der Waals surface area contributed by atoms with Gasteiger partial charge in [-0.15, -0.1) is 10.2 Å². The van der Waals surface area contributed by atoms with Crippen molar-refractivity contribution in [3.63, 3.8) is 0 Å². The summed E-state index contributed by atoms with van der Waals surface area (Å²) < 4.78 is 0. The Hall–Kier alpha value is -2.82. The van der Waals surface area contributed by atoms with Gasteiger partial charge in [0.05, 0.1) is 11.7 Å². The first kappa shape index (κ1) is 11.3. The maximum atomic E-state index is 4.16. The monoisotopic (exact) mass is 249 g/mol. The highest BCUT2D eigenvalue weighted by molar-refractivity contribution is 5.88. The molecule has 0 fully saturated rings. The standard InChI is InChI=1S/C14H11N5/c1-2-6-11(7-3-1)10-15-17-14-12-8-4-5-9-13(12)16-19-18-14/h1-10H,(H,16,17,18)/b15-10-. The first-order valence-corrected chi connectivity index (χ1v) is 5.86. The largest absolute Gasteiger partial charge is 0.259 e. The number of hydrazone groups is 1. The summed E-state index contributed by atoms with van der Waals surface area (Å²) in [6.07, 6.45) is 1.73. The van der Waals surface area contributed by atoms with E-state index in [9.17, 15) is 0 Å². The maximum absolute atomic E-state index is 4.16. The van der Waals surface area contributed by atoms with Crippen LogP contribution in [-0.2, 0) is 0 Å². The van der Waals surface area contributed by atoms with Crippen molar-refractivity contribution >= 4 is 22.9 Å². The molecular weight excluding hydrogens is 238 g/mol. The van der Waals surface area contributed by atoms with Crippen LogP contribution >= 0.6 is 0 Å². The van der Waals surface area contributed by atoms with E-state index >= 15 is 0 Å². The summed E-state index contributed by atoms with van der Waals surface area (Å²) in [7, 11) is 0. The SMILES string of the molecule is C(=N/Nc1nnnc2ccccc12)/c1ccccc1. The van der Waals surface area contributed by atoms with Crippen molar-refractivity contribution in [2.24, 2.45) is 5.10 Å². The van der Waals surface area contributed by atoms with E-state index in [1.54, 1.807) is 6.21 Å². The number of anilines is 1. The third-order valence-electron chi connectivity index (χ3n) is 2.64. The molecular formula is C14H11N5. The van der Waals surface area contributed by atoms with E-state index in [0.29, 0.717) is 5.82 Å². The van der Waals surface area contributed by atoms with E-state index in [1.165, 1.54) is 0 Å². The zero-order valence-corrected chi connectivity index (χ0v) is 10.1. The van der Waals surface area contributed by atoms with Crippen molar-refractivity contribution in [1.82, 2.24) is 15.4 Å². The Balaban J connectivity index is 1.84. The van der Waals surface area contributed by atoms with Gasteiger partial charge in [0, 0.05) is 5.39 Å². The molecule has 0 spiro atoms. The average Bonchev–Trinajstić information content (AvgIpc) is 2.49. The number of benzene rings is 2. The van der Waals surface area contributed by atoms with E-state index in [-0.39, 0.29) is 0 Å². The fraction of sp³-hybridized carbons (Fsp3) is 0. The number of hydrogen-bond acceptors (Lipinski definition) is 5. The predicted octanol–water partition coefficient (Wildman–Crippen LogP) is 2.47. The van der Waals surface area contributed by atoms with E-state index in [0.717, 1.165) is 16.5 Å². The zero-order valence-electron chi connectivity index (χ0n) is 10.1. The fourth-order valence-electron chi connectivity index (χ4n) is 1.72. The summed E-state index contributed by atoms with van der Waals surface area (Å²) in [6, 6.07) is 17.5. The molecule has 2 aromatic carbocycles. The lowest BCUT2D eigenvalue weighted by Gasteiger charge is -2.01. The van der Waals surface area contributed by atoms with Crippen molar-refractivity contribution in [3.8, 4) is 0 Å². The van der Waals surface area contributed by atoms with Crippen LogP contribution in [0, 0.1) is 0 Å². The number of fused-ring (bicyclic) bond motifs is 1. The Bertz CT molecular complexity index is 704. The summed E-state index contributed by atoms with van der Waals surface area (Å²) in [4.78, 5) is 0. The van der Waals surface area contributed by atoms with Crippen LogP contribution in [0.15, 0.2) is 59.7 Å². The topological polar surface area (TPSA) is 63.1 Å². The van der Waals surface area contributed by atoms with Crippen LogP contribution in [-0.4, -0.2) is 21.6 Å². The number of nitrogens with one attached hydrogen (secondary N) is 1. The molecule has 0 radical (unpaired) electrons. The van der Waals surface area contributed by atoms with E-state index in [4.69, 9.17) is 0 Å². The molecule has 0 unspecified atom stereocenters. The first-order valence-electron chi connectivity index (χ1n) is 5.86. The van der Waals surface area contributed by atoms with Crippen LogP contribution in [0.4, 0.5) is 5.82 Å². The Labute approximate surface area is 110 Å². The van der Waals surface area contributed by atoms with E-state index in [2.05, 4.69) is 25.9 Å². The second-order valence-electron chi connectivity index (χ2n) is 3.94. The van der Waals surface area contributed by atoms with Crippen LogP contribution in [0.3, 0.4) is 0 Å². The molecule has 0 aliphatic rings. The number of nitrogens with zero attached hydrogens (tertiary/aromatic N) is 4. The Kier molecular flexibility index (Phi) is 3.10. The number of aromatic nitrogens is 3. The molecule has 1 aromatic heterocycles. The van der Waals surface area contributed by atoms with Crippen molar-refractivity contribution in [3.05, 3.63) is 60.2 Å². The number of hydrogen-bond donors (Lipinski definition) is 1. The first-order chi connectivity index (χ1) is 9.43. The zero-order chi connectivity index (χ0) is 12.9. The highest BCUT2D eigenvalue weighted by Gasteiger charge is 2.01. The van der Waals surface area contributed by atoms with Crippen LogP contribution < -0.4 is 5.43 Å². The van der Waals surface area contributed by atoms with Gasteiger partial charge in [0.15, 0.2) is 5.82 Å². The summed E-state index contributed by atoms with van der Waals surface area (Å²) >= 11 is 0. The molecule has 0 saturated carbocycles. The Morgan fingerprint density at radius 2 is 1.68 bits per heavy atom. The molecule has 0 aliphatic carbocycles. The molecule has 1 heterocycles. The minimum Gasteiger partial charge on any atom is -0.259 e. The molecule has 0 saturated heterocycles. The molecule has 0 bridgehead atoms. The molecule has 92 valence electrons. The van der Waals surface area contributed by atoms with Gasteiger partial charge in [-0.2, -0.15) is 5.10 Å². The van der Waals surface area contributed by atoms with Crippen LogP contribution in [0.5, 0.6) is 0 Å². The fourth-order valence-corrected chi connectivity index (χ4v) is 1.72. The van der Waals surface area contributed by atoms with Gasteiger partial charge >= 0.3 is 0 Å². The summed E-state index contributed by atoms with van der Waals surface area (Å²) in [5, 5.41) is 16.7. The second-order valence-corrected chi connectivity index (χ2v) is 3.94. The van der Waals surface area contributed by atoms with Gasteiger partial charge in [0.2, 0.25) is 0 Å². The van der Waals surface area contributed by atoms with Crippen molar-refractivity contribution in [1.29, 1.82) is 0 Å². The second kappa shape index (κ2) is 5.22. The van der Waals surface area contributed by atoms with Gasteiger partial charge in [-0.3, -0.25) is 5.43 Å². The van der Waals surface area contributed by atoms with E-state index < -0.39 is 0 Å². The molecule has 3 rings (SSSR count). The normalized spacial score (nSPS) is 10.9. The van der Waals surface area contributed by atoms with Crippen LogP contribution in [0.2, 0.25) is 0 Å². The minimum atomic E-state index is 0.595. The lowest BCUT2D eigenvalue weighted by molar-refractivity contribution is 0.895. The Morgan fingerprint density at radius 1 is 0.895 bits per heavy atom. The smallest absolute Gasteiger partial charge is 0.180 e. The average molecular weight is 249 g/mol. The van der Waals surface area contributed by atoms with Gasteiger partial charge < -0.3 is 0 Å². The quantitative estimate of drug-likeness (QED) is 0.572. The third-order valence-corrected chi connectivity index (χ3v) is 2.64. The maximum Gasteiger partial charge on any atom is 0.180 e. The predicted molar refractivity (Wildman–Crippen MR) is 75.0 cm³/mol. The summed E-state index contributed by atoms with van der Waals surface area (Å²) in [5.41, 5.74) is 4.69. The van der Waals surface area contributed by atoms with Gasteiger partial charge in [-0.1, -0.05) is 42.5 Å². The number of rotatable bonds is 3. The molecule has 19 heavy (non-hydrogen) atoms. The third kappa shape index (κ3) is 2.55. The highest BCUT2D eigenvalue weighted by Crippen LogP contribution is 2.17. The van der Waals surface area contributed by atoms with Crippen LogP contribution in [0.25, 0.3) is 10.9 Å². The lowest BCUT2D eigenvalue weighted by Crippen LogP contribution is -1.98. The van der Waals surface area contributed by atoms with Crippen molar-refractivity contribution < 1.29 is 0 Å². The van der Waals surface area contributed by atoms with Gasteiger partial charge in [-0.25, -0.2) is 0 Å². The Morgan fingerprint density at radius 3 is 2.58 bits per heavy atom. The minimum absolute atomic E-state index is 0.595. The summed E-state index contributed by atoms with van der Waals surface area (Å²) in [6.45, 7) is 0. The molecule has 0 amide bonds. The molecule has 5 nitrogen and oxygen atoms in total. The van der Waals surface area contributed by atoms with Crippen molar-refractivity contribution in [2.45, 2.75) is 0 Å². The van der Waals surface area contributed by atoms with Gasteiger partial charge in [-0.05, 0) is 22.9 Å². The van der Waals surface area contributed by atoms with Gasteiger partial charge in [0.1, 0.15) is 0 Å².